The SMILES string of the molecule is CCOC(=O)c1c(-n2c(C)cc(/C=C3/SC(NC(C)=O)=NC3=O)c2C)sc2c1CCCC2. The molecule has 0 saturated carbocycles. The lowest BCUT2D eigenvalue weighted by Crippen LogP contribution is -2.23. The molecule has 0 radical (unpaired) electrons. The fourth-order valence-electron chi connectivity index (χ4n) is 4.12. The molecule has 3 heterocycles. The van der Waals surface area contributed by atoms with Gasteiger partial charge in [0.05, 0.1) is 17.1 Å². The number of aliphatic imine (C=N–C) groups is 1. The zero-order valence-corrected chi connectivity index (χ0v) is 20.2. The van der Waals surface area contributed by atoms with E-state index in [4.69, 9.17) is 4.74 Å². The number of esters is 1. The Kier molecular flexibility index (Phi) is 6.39. The summed E-state index contributed by atoms with van der Waals surface area (Å²) in [4.78, 5) is 42.1. The van der Waals surface area contributed by atoms with Gasteiger partial charge in [-0.25, -0.2) is 4.79 Å². The Labute approximate surface area is 194 Å². The Morgan fingerprint density at radius 1 is 1.28 bits per heavy atom. The molecule has 1 aliphatic heterocycles. The highest BCUT2D eigenvalue weighted by Gasteiger charge is 2.29. The summed E-state index contributed by atoms with van der Waals surface area (Å²) in [6.07, 6.45) is 5.88. The molecule has 1 N–H and O–H groups in total. The van der Waals surface area contributed by atoms with Crippen LogP contribution < -0.4 is 5.32 Å². The topological polar surface area (TPSA) is 89.8 Å². The zero-order chi connectivity index (χ0) is 23.0. The molecule has 2 aromatic rings. The molecule has 0 unspecified atom stereocenters. The molecule has 0 bridgehead atoms. The highest BCUT2D eigenvalue weighted by molar-refractivity contribution is 8.18. The van der Waals surface area contributed by atoms with E-state index in [9.17, 15) is 14.4 Å². The minimum absolute atomic E-state index is 0.267. The summed E-state index contributed by atoms with van der Waals surface area (Å²) in [5, 5.41) is 3.74. The fourth-order valence-corrected chi connectivity index (χ4v) is 6.46. The Morgan fingerprint density at radius 2 is 2.03 bits per heavy atom. The second-order valence-electron chi connectivity index (χ2n) is 7.79. The lowest BCUT2D eigenvalue weighted by atomic mass is 9.95. The van der Waals surface area contributed by atoms with E-state index in [0.717, 1.165) is 65.0 Å². The Bertz CT molecular complexity index is 1190. The molecule has 0 spiro atoms. The van der Waals surface area contributed by atoms with Crippen LogP contribution in [-0.4, -0.2) is 34.1 Å². The van der Waals surface area contributed by atoms with Gasteiger partial charge in [0.1, 0.15) is 5.00 Å². The third-order valence-corrected chi connectivity index (χ3v) is 7.67. The van der Waals surface area contributed by atoms with Crippen molar-refractivity contribution < 1.29 is 19.1 Å². The smallest absolute Gasteiger partial charge is 0.341 e. The van der Waals surface area contributed by atoms with Crippen LogP contribution in [-0.2, 0) is 27.2 Å². The average Bonchev–Trinajstić information content (AvgIpc) is 3.35. The minimum atomic E-state index is -0.373. The molecule has 32 heavy (non-hydrogen) atoms. The molecular weight excluding hydrogens is 446 g/mol. The molecule has 9 heteroatoms. The summed E-state index contributed by atoms with van der Waals surface area (Å²) in [5.74, 6) is -0.914. The fraction of sp³-hybridized carbons (Fsp3) is 0.391. The van der Waals surface area contributed by atoms with E-state index in [1.54, 1.807) is 17.4 Å². The van der Waals surface area contributed by atoms with E-state index in [1.807, 2.05) is 26.8 Å². The molecule has 0 fully saturated rings. The number of thiophene rings is 1. The van der Waals surface area contributed by atoms with E-state index in [0.29, 0.717) is 17.1 Å². The number of nitrogens with one attached hydrogen (secondary N) is 1. The normalized spacial score (nSPS) is 16.8. The highest BCUT2D eigenvalue weighted by Crippen LogP contribution is 2.39. The number of rotatable bonds is 4. The second-order valence-corrected chi connectivity index (χ2v) is 9.90. The number of nitrogens with zero attached hydrogens (tertiary/aromatic N) is 2. The maximum Gasteiger partial charge on any atom is 0.341 e. The van der Waals surface area contributed by atoms with E-state index >= 15 is 0 Å². The van der Waals surface area contributed by atoms with Crippen molar-refractivity contribution in [3.63, 3.8) is 0 Å². The van der Waals surface area contributed by atoms with Crippen LogP contribution >= 0.6 is 23.1 Å². The van der Waals surface area contributed by atoms with Crippen LogP contribution in [0.2, 0.25) is 0 Å². The van der Waals surface area contributed by atoms with Gasteiger partial charge >= 0.3 is 5.97 Å². The molecule has 2 aromatic heterocycles. The second kappa shape index (κ2) is 9.07. The van der Waals surface area contributed by atoms with Crippen LogP contribution in [0.3, 0.4) is 0 Å². The Balaban J connectivity index is 1.75. The first-order valence-corrected chi connectivity index (χ1v) is 12.2. The summed E-state index contributed by atoms with van der Waals surface area (Å²) < 4.78 is 7.50. The molecular formula is C23H25N3O4S2. The van der Waals surface area contributed by atoms with E-state index in [1.165, 1.54) is 11.8 Å². The number of aryl methyl sites for hydroxylation is 2. The van der Waals surface area contributed by atoms with E-state index in [2.05, 4.69) is 14.9 Å². The van der Waals surface area contributed by atoms with Gasteiger partial charge in [0.15, 0.2) is 5.17 Å². The number of aromatic nitrogens is 1. The predicted molar refractivity (Wildman–Crippen MR) is 128 cm³/mol. The summed E-state index contributed by atoms with van der Waals surface area (Å²) >= 11 is 2.81. The maximum absolute atomic E-state index is 12.9. The number of ether oxygens (including phenoxy) is 1. The van der Waals surface area contributed by atoms with Crippen molar-refractivity contribution in [2.24, 2.45) is 4.99 Å². The van der Waals surface area contributed by atoms with Crippen LogP contribution in [0.25, 0.3) is 11.1 Å². The van der Waals surface area contributed by atoms with Gasteiger partial charge < -0.3 is 14.6 Å². The van der Waals surface area contributed by atoms with E-state index < -0.39 is 0 Å². The van der Waals surface area contributed by atoms with Crippen molar-refractivity contribution in [3.8, 4) is 5.00 Å². The maximum atomic E-state index is 12.9. The first-order valence-electron chi connectivity index (χ1n) is 10.6. The molecule has 7 nitrogen and oxygen atoms in total. The van der Waals surface area contributed by atoms with Crippen LogP contribution in [0.5, 0.6) is 0 Å². The first kappa shape index (κ1) is 22.5. The number of thioether (sulfide) groups is 1. The number of carbonyl (C=O) groups excluding carboxylic acids is 3. The zero-order valence-electron chi connectivity index (χ0n) is 18.5. The van der Waals surface area contributed by atoms with Gasteiger partial charge in [0, 0.05) is 23.2 Å². The summed E-state index contributed by atoms with van der Waals surface area (Å²) in [6.45, 7) is 7.50. The molecule has 2 aliphatic rings. The summed E-state index contributed by atoms with van der Waals surface area (Å²) in [6, 6.07) is 2.00. The third kappa shape index (κ3) is 4.19. The van der Waals surface area contributed by atoms with Crippen LogP contribution in [0.4, 0.5) is 0 Å². The number of amides is 2. The van der Waals surface area contributed by atoms with Gasteiger partial charge in [-0.2, -0.15) is 4.99 Å². The largest absolute Gasteiger partial charge is 0.462 e. The van der Waals surface area contributed by atoms with Gasteiger partial charge in [-0.3, -0.25) is 9.59 Å². The summed E-state index contributed by atoms with van der Waals surface area (Å²) in [5.41, 5.74) is 4.57. The Hall–Kier alpha value is -2.65. The standard InChI is InChI=1S/C23H25N3O4S2/c1-5-30-22(29)19-16-8-6-7-9-17(16)31-21(19)26-12(2)10-15(13(26)3)11-18-20(28)25-23(32-18)24-14(4)27/h10-11H,5-9H2,1-4H3,(H,24,25,27,28)/b18-11+. The number of hydrogen-bond donors (Lipinski definition) is 1. The summed E-state index contributed by atoms with van der Waals surface area (Å²) in [7, 11) is 0. The number of carbonyl (C=O) groups is 3. The van der Waals surface area contributed by atoms with Gasteiger partial charge in [0.25, 0.3) is 5.91 Å². The van der Waals surface area contributed by atoms with Crippen molar-refractivity contribution in [1.29, 1.82) is 0 Å². The van der Waals surface area contributed by atoms with Crippen LogP contribution in [0.15, 0.2) is 16.0 Å². The van der Waals surface area contributed by atoms with Crippen molar-refractivity contribution in [2.75, 3.05) is 6.61 Å². The monoisotopic (exact) mass is 471 g/mol. The molecule has 0 saturated heterocycles. The molecule has 2 amide bonds. The van der Waals surface area contributed by atoms with Crippen LogP contribution in [0.1, 0.15) is 64.4 Å². The highest BCUT2D eigenvalue weighted by atomic mass is 32.2. The Morgan fingerprint density at radius 3 is 2.75 bits per heavy atom. The molecule has 168 valence electrons. The third-order valence-electron chi connectivity index (χ3n) is 5.50. The van der Waals surface area contributed by atoms with Crippen LogP contribution in [0, 0.1) is 13.8 Å². The van der Waals surface area contributed by atoms with E-state index in [-0.39, 0.29) is 23.0 Å². The lowest BCUT2D eigenvalue weighted by Gasteiger charge is -2.13. The molecule has 0 aromatic carbocycles. The molecule has 1 aliphatic carbocycles. The number of fused-ring (bicyclic) bond motifs is 1. The quantitative estimate of drug-likeness (QED) is 0.530. The van der Waals surface area contributed by atoms with Gasteiger partial charge in [-0.15, -0.1) is 11.3 Å². The number of hydrogen-bond acceptors (Lipinski definition) is 6. The number of amidine groups is 1. The van der Waals surface area contributed by atoms with Crippen molar-refractivity contribution >= 4 is 52.1 Å². The first-order chi connectivity index (χ1) is 15.3. The molecule has 0 atom stereocenters. The van der Waals surface area contributed by atoms with Gasteiger partial charge in [0.2, 0.25) is 5.91 Å². The van der Waals surface area contributed by atoms with Gasteiger partial charge in [-0.1, -0.05) is 0 Å². The lowest BCUT2D eigenvalue weighted by molar-refractivity contribution is -0.117. The predicted octanol–water partition coefficient (Wildman–Crippen LogP) is 4.32. The van der Waals surface area contributed by atoms with Crippen molar-refractivity contribution in [3.05, 3.63) is 43.9 Å². The average molecular weight is 472 g/mol. The molecule has 4 rings (SSSR count). The van der Waals surface area contributed by atoms with Gasteiger partial charge in [-0.05, 0) is 81.5 Å². The van der Waals surface area contributed by atoms with Crippen molar-refractivity contribution in [1.82, 2.24) is 9.88 Å². The van der Waals surface area contributed by atoms with Crippen molar-refractivity contribution in [2.45, 2.75) is 53.4 Å². The minimum Gasteiger partial charge on any atom is -0.462 e.